The second-order valence-corrected chi connectivity index (χ2v) is 19.6. The van der Waals surface area contributed by atoms with Crippen molar-refractivity contribution in [2.75, 3.05) is 25.4 Å². The number of hydrogen-bond acceptors (Lipinski definition) is 10. The number of halogens is 2. The number of benzene rings is 3. The van der Waals surface area contributed by atoms with Crippen LogP contribution in [0.15, 0.2) is 84.9 Å². The van der Waals surface area contributed by atoms with Crippen LogP contribution in [-0.4, -0.2) is 76.2 Å². The average molecular weight is 877 g/mol. The molecule has 316 valence electrons. The highest BCUT2D eigenvalue weighted by Gasteiger charge is 2.57. The predicted octanol–water partition coefficient (Wildman–Crippen LogP) is 9.10. The van der Waals surface area contributed by atoms with Crippen LogP contribution in [0.3, 0.4) is 0 Å². The van der Waals surface area contributed by atoms with Gasteiger partial charge >= 0.3 is 13.3 Å². The third kappa shape index (κ3) is 9.32. The third-order valence-electron chi connectivity index (χ3n) is 11.4. The Bertz CT molecular complexity index is 2290. The lowest BCUT2D eigenvalue weighted by molar-refractivity contribution is -0.146. The van der Waals surface area contributed by atoms with Crippen molar-refractivity contribution in [1.29, 1.82) is 5.26 Å². The fraction of sp³-hybridized carbons (Fsp3) is 0.432. The van der Waals surface area contributed by atoms with E-state index in [9.17, 15) is 29.0 Å². The summed E-state index contributed by atoms with van der Waals surface area (Å²) >= 11 is 1.98. The largest absolute Gasteiger partial charge is 0.453 e. The molecule has 3 saturated heterocycles. The average Bonchev–Trinajstić information content (AvgIpc) is 4.00. The molecule has 1 aromatic heterocycles. The molecule has 11 nitrogen and oxygen atoms in total. The van der Waals surface area contributed by atoms with Crippen molar-refractivity contribution >= 4 is 63.6 Å². The third-order valence-corrected chi connectivity index (χ3v) is 15.3. The van der Waals surface area contributed by atoms with Crippen molar-refractivity contribution in [1.82, 2.24) is 15.1 Å². The quantitative estimate of drug-likeness (QED) is 0.0969. The molecule has 3 aliphatic heterocycles. The Hall–Kier alpha value is -4.61. The minimum atomic E-state index is -5.24. The summed E-state index contributed by atoms with van der Waals surface area (Å²) < 4.78 is 58.1. The van der Waals surface area contributed by atoms with Crippen LogP contribution < -0.4 is 9.84 Å². The van der Waals surface area contributed by atoms with Gasteiger partial charge in [-0.2, -0.15) is 14.0 Å². The van der Waals surface area contributed by atoms with E-state index < -0.39 is 43.4 Å². The number of nitrogens with one attached hydrogen (secondary N) is 1. The first-order valence-corrected chi connectivity index (χ1v) is 23.7. The number of para-hydroxylation sites is 1. The van der Waals surface area contributed by atoms with Gasteiger partial charge in [0.25, 0.3) is 5.91 Å². The highest BCUT2D eigenvalue weighted by atomic mass is 32.2. The molecule has 3 aromatic carbocycles. The minimum absolute atomic E-state index is 0.00828. The SMILES string of the molecule is CCCC(=O)SCCOP(=O)(Oc1ccccc1)C(F)(F)c1ccc2sc(C(=O)N[C@H]3CCCC[C@H]4CC[C@@H](C(=O)N5C[C@@H](C#N)[C@H](c6ccccc6)C5)N4C3=O)cc2c1. The van der Waals surface area contributed by atoms with Gasteiger partial charge in [-0.15, -0.1) is 11.3 Å². The molecular weight excluding hydrogens is 830 g/mol. The fourth-order valence-electron chi connectivity index (χ4n) is 8.38. The lowest BCUT2D eigenvalue weighted by atomic mass is 9.90. The number of rotatable bonds is 14. The standard InChI is InChI=1S/C44H47F2N4O7PS2/c1-2-11-40(51)59-23-22-56-58(55,57-34-15-7-4-8-16-34)44(45,46)32-18-21-38-30(24-32)25-39(60-38)41(52)48-36-17-10-9-14-33-19-20-37(50(33)42(36)53)43(54)49-27-31(26-47)35(28-49)29-12-5-3-6-13-29/h3-8,12-13,15-16,18,21,24-25,31,33,35-37H,2,9-11,14,17,19-20,22-23,27-28H2,1H3,(H,48,52)/t31-,33+,35+,36+,37+,58?/m1/s1. The van der Waals surface area contributed by atoms with Gasteiger partial charge in [0.05, 0.1) is 23.5 Å². The van der Waals surface area contributed by atoms with Gasteiger partial charge in [-0.3, -0.25) is 23.7 Å². The topological polar surface area (TPSA) is 146 Å². The second-order valence-electron chi connectivity index (χ2n) is 15.4. The maximum atomic E-state index is 16.4. The molecule has 1 unspecified atom stereocenters. The van der Waals surface area contributed by atoms with Gasteiger partial charge in [0.1, 0.15) is 17.8 Å². The maximum Gasteiger partial charge on any atom is 0.453 e. The number of nitrogens with zero attached hydrogens (tertiary/aromatic N) is 3. The van der Waals surface area contributed by atoms with Gasteiger partial charge in [0, 0.05) is 47.5 Å². The highest BCUT2D eigenvalue weighted by Crippen LogP contribution is 2.66. The van der Waals surface area contributed by atoms with Crippen molar-refractivity contribution in [2.24, 2.45) is 5.92 Å². The van der Waals surface area contributed by atoms with E-state index in [-0.39, 0.29) is 57.7 Å². The van der Waals surface area contributed by atoms with E-state index in [1.54, 1.807) is 28.0 Å². The van der Waals surface area contributed by atoms with Crippen LogP contribution in [0, 0.1) is 17.2 Å². The van der Waals surface area contributed by atoms with E-state index in [4.69, 9.17) is 9.05 Å². The van der Waals surface area contributed by atoms with Crippen LogP contribution in [0.4, 0.5) is 8.78 Å². The van der Waals surface area contributed by atoms with Gasteiger partial charge in [-0.25, -0.2) is 4.57 Å². The molecule has 3 fully saturated rings. The van der Waals surface area contributed by atoms with E-state index >= 15 is 8.78 Å². The number of thioether (sulfide) groups is 1. The summed E-state index contributed by atoms with van der Waals surface area (Å²) in [5.74, 6) is -1.64. The number of thiophene rings is 1. The smallest absolute Gasteiger partial charge is 0.420 e. The molecule has 0 radical (unpaired) electrons. The van der Waals surface area contributed by atoms with Gasteiger partial charge in [-0.1, -0.05) is 86.1 Å². The summed E-state index contributed by atoms with van der Waals surface area (Å²) in [6.45, 7) is 2.09. The zero-order valence-corrected chi connectivity index (χ0v) is 35.7. The molecule has 7 rings (SSSR count). The molecule has 1 N–H and O–H groups in total. The van der Waals surface area contributed by atoms with Crippen molar-refractivity contribution in [3.8, 4) is 11.8 Å². The molecule has 0 spiro atoms. The Morgan fingerprint density at radius 1 is 0.983 bits per heavy atom. The van der Waals surface area contributed by atoms with E-state index in [1.165, 1.54) is 24.3 Å². The number of fused-ring (bicyclic) bond motifs is 2. The second kappa shape index (κ2) is 19.0. The molecular formula is C44H47F2N4O7PS2. The molecule has 4 aromatic rings. The zero-order valence-electron chi connectivity index (χ0n) is 33.2. The Morgan fingerprint density at radius 3 is 2.45 bits per heavy atom. The Balaban J connectivity index is 1.06. The van der Waals surface area contributed by atoms with Crippen LogP contribution >= 0.6 is 30.7 Å². The first-order valence-electron chi connectivity index (χ1n) is 20.4. The zero-order chi connectivity index (χ0) is 42.4. The Kier molecular flexibility index (Phi) is 13.8. The van der Waals surface area contributed by atoms with Crippen molar-refractivity contribution in [3.05, 3.63) is 101 Å². The van der Waals surface area contributed by atoms with Crippen LogP contribution in [-0.2, 0) is 29.1 Å². The molecule has 0 aliphatic carbocycles. The van der Waals surface area contributed by atoms with E-state index in [0.717, 1.165) is 53.6 Å². The summed E-state index contributed by atoms with van der Waals surface area (Å²) in [7, 11) is -5.24. The van der Waals surface area contributed by atoms with E-state index in [0.29, 0.717) is 55.2 Å². The van der Waals surface area contributed by atoms with Crippen molar-refractivity contribution < 1.29 is 41.6 Å². The van der Waals surface area contributed by atoms with Gasteiger partial charge in [0.2, 0.25) is 11.8 Å². The number of carbonyl (C=O) groups is 4. The van der Waals surface area contributed by atoms with Crippen LogP contribution in [0.1, 0.15) is 85.0 Å². The lowest BCUT2D eigenvalue weighted by Crippen LogP contribution is -2.56. The van der Waals surface area contributed by atoms with Crippen LogP contribution in [0.2, 0.25) is 0 Å². The maximum absolute atomic E-state index is 16.4. The molecule has 6 atom stereocenters. The molecule has 16 heteroatoms. The molecule has 60 heavy (non-hydrogen) atoms. The highest BCUT2D eigenvalue weighted by molar-refractivity contribution is 8.13. The molecule has 0 saturated carbocycles. The van der Waals surface area contributed by atoms with Gasteiger partial charge in [-0.05, 0) is 73.4 Å². The van der Waals surface area contributed by atoms with Gasteiger partial charge < -0.3 is 19.6 Å². The lowest BCUT2D eigenvalue weighted by Gasteiger charge is -2.36. The van der Waals surface area contributed by atoms with Crippen LogP contribution in [0.25, 0.3) is 10.1 Å². The summed E-state index contributed by atoms with van der Waals surface area (Å²) in [5, 5.41) is 13.0. The molecule has 3 aliphatic rings. The molecule has 3 amide bonds. The number of amides is 3. The first-order chi connectivity index (χ1) is 28.9. The fourth-order valence-corrected chi connectivity index (χ4v) is 11.7. The normalized spacial score (nSPS) is 23.0. The number of nitriles is 1. The first kappa shape index (κ1) is 43.5. The summed E-state index contributed by atoms with van der Waals surface area (Å²) in [4.78, 5) is 57.8. The number of carbonyl (C=O) groups excluding carboxylic acids is 4. The molecule has 4 heterocycles. The summed E-state index contributed by atoms with van der Waals surface area (Å²) in [6, 6.07) is 23.0. The minimum Gasteiger partial charge on any atom is -0.420 e. The Labute approximate surface area is 356 Å². The van der Waals surface area contributed by atoms with Crippen LogP contribution in [0.5, 0.6) is 5.75 Å². The van der Waals surface area contributed by atoms with E-state index in [2.05, 4.69) is 11.4 Å². The predicted molar refractivity (Wildman–Crippen MR) is 227 cm³/mol. The monoisotopic (exact) mass is 876 g/mol. The Morgan fingerprint density at radius 2 is 1.72 bits per heavy atom. The summed E-state index contributed by atoms with van der Waals surface area (Å²) in [6.07, 6.45) is 4.74. The summed E-state index contributed by atoms with van der Waals surface area (Å²) in [5.41, 5.74) is -3.78. The number of likely N-dealkylation sites (tertiary alicyclic amines) is 1. The number of hydrogen-bond donors (Lipinski definition) is 1. The van der Waals surface area contributed by atoms with Crippen molar-refractivity contribution in [2.45, 2.75) is 88.0 Å². The molecule has 0 bridgehead atoms. The van der Waals surface area contributed by atoms with Crippen molar-refractivity contribution in [3.63, 3.8) is 0 Å². The number of alkyl halides is 2. The van der Waals surface area contributed by atoms with E-state index in [1.807, 2.05) is 37.3 Å². The van der Waals surface area contributed by atoms with Gasteiger partial charge in [0.15, 0.2) is 5.12 Å².